The maximum atomic E-state index is 12.3. The van der Waals surface area contributed by atoms with Gasteiger partial charge in [-0.05, 0) is 46.8 Å². The highest BCUT2D eigenvalue weighted by Crippen LogP contribution is 2.29. The Morgan fingerprint density at radius 3 is 2.50 bits per heavy atom. The molecule has 1 aromatic heterocycles. The summed E-state index contributed by atoms with van der Waals surface area (Å²) in [7, 11) is 4.41. The van der Waals surface area contributed by atoms with Crippen molar-refractivity contribution in [2.24, 2.45) is 0 Å². The molecule has 10 nitrogen and oxygen atoms in total. The second kappa shape index (κ2) is 9.74. The lowest BCUT2D eigenvalue weighted by atomic mass is 10.2. The van der Waals surface area contributed by atoms with Gasteiger partial charge in [0.15, 0.2) is 0 Å². The molecule has 0 fully saturated rings. The smallest absolute Gasteiger partial charge is 0.337 e. The van der Waals surface area contributed by atoms with Crippen LogP contribution in [0.5, 0.6) is 11.5 Å². The molecule has 2 aromatic carbocycles. The Bertz CT molecular complexity index is 1040. The Morgan fingerprint density at radius 1 is 1.07 bits per heavy atom. The molecule has 0 saturated heterocycles. The fraction of sp³-hybridized carbons (Fsp3) is 0.211. The second-order valence-corrected chi connectivity index (χ2v) is 6.76. The number of nitrogens with one attached hydrogen (secondary N) is 1. The Balaban J connectivity index is 1.67. The summed E-state index contributed by atoms with van der Waals surface area (Å²) in [4.78, 5) is 23.8. The van der Waals surface area contributed by atoms with Crippen LogP contribution in [0.15, 0.2) is 47.6 Å². The van der Waals surface area contributed by atoms with Crippen LogP contribution < -0.4 is 14.8 Å². The van der Waals surface area contributed by atoms with Crippen molar-refractivity contribution in [3.63, 3.8) is 0 Å². The summed E-state index contributed by atoms with van der Waals surface area (Å²) >= 11 is 1.16. The Morgan fingerprint density at radius 2 is 1.83 bits per heavy atom. The summed E-state index contributed by atoms with van der Waals surface area (Å²) in [6.07, 6.45) is 0. The molecule has 0 aliphatic rings. The molecule has 0 radical (unpaired) electrons. The average molecular weight is 429 g/mol. The third-order valence-electron chi connectivity index (χ3n) is 3.98. The number of carbonyl (C=O) groups is 2. The Hall–Kier alpha value is -3.60. The SMILES string of the molecule is COC(=O)c1ccc(NC(=O)CSc2nnnn2-c2cc(OC)ccc2OC)cc1. The molecule has 0 atom stereocenters. The van der Waals surface area contributed by atoms with E-state index in [2.05, 4.69) is 25.6 Å². The highest BCUT2D eigenvalue weighted by Gasteiger charge is 2.16. The summed E-state index contributed by atoms with van der Waals surface area (Å²) in [6, 6.07) is 11.6. The van der Waals surface area contributed by atoms with E-state index < -0.39 is 5.97 Å². The molecule has 3 rings (SSSR count). The van der Waals surface area contributed by atoms with Crippen molar-refractivity contribution in [2.45, 2.75) is 5.16 Å². The first-order chi connectivity index (χ1) is 14.5. The number of methoxy groups -OCH3 is 3. The number of benzene rings is 2. The van der Waals surface area contributed by atoms with Crippen LogP contribution in [-0.4, -0.2) is 59.2 Å². The number of ether oxygens (including phenoxy) is 3. The zero-order valence-corrected chi connectivity index (χ0v) is 17.3. The topological polar surface area (TPSA) is 117 Å². The number of esters is 1. The van der Waals surface area contributed by atoms with Gasteiger partial charge in [-0.2, -0.15) is 4.68 Å². The van der Waals surface area contributed by atoms with Crippen molar-refractivity contribution >= 4 is 29.3 Å². The van der Waals surface area contributed by atoms with E-state index in [1.807, 2.05) is 0 Å². The van der Waals surface area contributed by atoms with Gasteiger partial charge >= 0.3 is 5.97 Å². The molecule has 0 saturated carbocycles. The van der Waals surface area contributed by atoms with Gasteiger partial charge in [-0.1, -0.05) is 11.8 Å². The number of carbonyl (C=O) groups excluding carboxylic acids is 2. The van der Waals surface area contributed by atoms with Gasteiger partial charge in [0, 0.05) is 11.8 Å². The normalized spacial score (nSPS) is 10.4. The van der Waals surface area contributed by atoms with Crippen LogP contribution in [0.2, 0.25) is 0 Å². The molecular formula is C19H19N5O5S. The van der Waals surface area contributed by atoms with Gasteiger partial charge in [-0.25, -0.2) is 4.79 Å². The minimum absolute atomic E-state index is 0.0748. The molecule has 0 aliphatic heterocycles. The predicted octanol–water partition coefficient (Wildman–Crippen LogP) is 2.20. The molecule has 0 bridgehead atoms. The average Bonchev–Trinajstić information content (AvgIpc) is 3.25. The van der Waals surface area contributed by atoms with Crippen LogP contribution in [0, 0.1) is 0 Å². The van der Waals surface area contributed by atoms with Crippen LogP contribution in [0.3, 0.4) is 0 Å². The summed E-state index contributed by atoms with van der Waals surface area (Å²) < 4.78 is 16.7. The van der Waals surface area contributed by atoms with Gasteiger partial charge in [0.25, 0.3) is 0 Å². The largest absolute Gasteiger partial charge is 0.497 e. The van der Waals surface area contributed by atoms with Crippen molar-refractivity contribution in [3.8, 4) is 17.2 Å². The molecule has 30 heavy (non-hydrogen) atoms. The number of hydrogen-bond donors (Lipinski definition) is 1. The quantitative estimate of drug-likeness (QED) is 0.425. The molecule has 156 valence electrons. The van der Waals surface area contributed by atoms with E-state index in [0.717, 1.165) is 11.8 Å². The first kappa shape index (κ1) is 21.1. The van der Waals surface area contributed by atoms with Gasteiger partial charge < -0.3 is 19.5 Å². The number of thioether (sulfide) groups is 1. The highest BCUT2D eigenvalue weighted by atomic mass is 32.2. The van der Waals surface area contributed by atoms with E-state index in [1.165, 1.54) is 11.8 Å². The van der Waals surface area contributed by atoms with Gasteiger partial charge in [-0.3, -0.25) is 4.79 Å². The van der Waals surface area contributed by atoms with E-state index in [4.69, 9.17) is 9.47 Å². The first-order valence-electron chi connectivity index (χ1n) is 8.67. The molecule has 1 heterocycles. The van der Waals surface area contributed by atoms with Crippen molar-refractivity contribution in [1.29, 1.82) is 0 Å². The third kappa shape index (κ3) is 4.87. The lowest BCUT2D eigenvalue weighted by molar-refractivity contribution is -0.113. The van der Waals surface area contributed by atoms with Crippen LogP contribution >= 0.6 is 11.8 Å². The summed E-state index contributed by atoms with van der Waals surface area (Å²) in [5, 5.41) is 14.8. The zero-order valence-electron chi connectivity index (χ0n) is 16.5. The lowest BCUT2D eigenvalue weighted by Gasteiger charge is -2.11. The number of hydrogen-bond acceptors (Lipinski definition) is 9. The molecule has 0 spiro atoms. The zero-order chi connectivity index (χ0) is 21.5. The van der Waals surface area contributed by atoms with Crippen LogP contribution in [0.1, 0.15) is 10.4 Å². The first-order valence-corrected chi connectivity index (χ1v) is 9.66. The summed E-state index contributed by atoms with van der Waals surface area (Å²) in [6.45, 7) is 0. The highest BCUT2D eigenvalue weighted by molar-refractivity contribution is 7.99. The number of nitrogens with zero attached hydrogens (tertiary/aromatic N) is 4. The van der Waals surface area contributed by atoms with E-state index in [-0.39, 0.29) is 11.7 Å². The van der Waals surface area contributed by atoms with Crippen LogP contribution in [0.4, 0.5) is 5.69 Å². The molecule has 1 amide bonds. The van der Waals surface area contributed by atoms with Crippen LogP contribution in [-0.2, 0) is 9.53 Å². The Kier molecular flexibility index (Phi) is 6.86. The maximum Gasteiger partial charge on any atom is 0.337 e. The van der Waals surface area contributed by atoms with Crippen LogP contribution in [0.25, 0.3) is 5.69 Å². The van der Waals surface area contributed by atoms with Gasteiger partial charge in [-0.15, -0.1) is 5.10 Å². The third-order valence-corrected chi connectivity index (χ3v) is 4.90. The number of rotatable bonds is 8. The monoisotopic (exact) mass is 429 g/mol. The van der Waals surface area contributed by atoms with Crippen molar-refractivity contribution in [2.75, 3.05) is 32.4 Å². The van der Waals surface area contributed by atoms with Gasteiger partial charge in [0.05, 0.1) is 32.6 Å². The van der Waals surface area contributed by atoms with Crippen molar-refractivity contribution < 1.29 is 23.8 Å². The van der Waals surface area contributed by atoms with E-state index in [1.54, 1.807) is 56.7 Å². The number of anilines is 1. The maximum absolute atomic E-state index is 12.3. The second-order valence-electron chi connectivity index (χ2n) is 5.82. The fourth-order valence-electron chi connectivity index (χ4n) is 2.52. The van der Waals surface area contributed by atoms with E-state index in [9.17, 15) is 9.59 Å². The van der Waals surface area contributed by atoms with Gasteiger partial charge in [0.1, 0.15) is 17.2 Å². The molecule has 0 aliphatic carbocycles. The van der Waals surface area contributed by atoms with Crippen molar-refractivity contribution in [1.82, 2.24) is 20.2 Å². The molecule has 3 aromatic rings. The predicted molar refractivity (Wildman–Crippen MR) is 109 cm³/mol. The van der Waals surface area contributed by atoms with Crippen molar-refractivity contribution in [3.05, 3.63) is 48.0 Å². The number of aromatic nitrogens is 4. The standard InChI is InChI=1S/C19H19N5O5S/c1-27-14-8-9-16(28-2)15(10-14)24-19(21-22-23-24)30-11-17(25)20-13-6-4-12(5-7-13)18(26)29-3/h4-10H,11H2,1-3H3,(H,20,25). The molecule has 0 unspecified atom stereocenters. The molecule has 11 heteroatoms. The van der Waals surface area contributed by atoms with E-state index >= 15 is 0 Å². The molecular weight excluding hydrogens is 410 g/mol. The summed E-state index contributed by atoms with van der Waals surface area (Å²) in [5.74, 6) is 0.553. The number of tetrazole rings is 1. The lowest BCUT2D eigenvalue weighted by Crippen LogP contribution is -2.15. The Labute approximate surface area is 176 Å². The minimum Gasteiger partial charge on any atom is -0.497 e. The minimum atomic E-state index is -0.441. The van der Waals surface area contributed by atoms with Gasteiger partial charge in [0.2, 0.25) is 11.1 Å². The summed E-state index contributed by atoms with van der Waals surface area (Å²) in [5.41, 5.74) is 1.54. The molecule has 1 N–H and O–H groups in total. The fourth-order valence-corrected chi connectivity index (χ4v) is 3.20. The van der Waals surface area contributed by atoms with E-state index in [0.29, 0.717) is 33.6 Å². The number of amides is 1.